The highest BCUT2D eigenvalue weighted by Gasteiger charge is 2.18. The van der Waals surface area contributed by atoms with Crippen molar-refractivity contribution >= 4 is 11.0 Å². The van der Waals surface area contributed by atoms with Crippen LogP contribution in [-0.4, -0.2) is 19.8 Å². The summed E-state index contributed by atoms with van der Waals surface area (Å²) in [6.07, 6.45) is -1.18. The minimum Gasteiger partial charge on any atom is -0.388 e. The van der Waals surface area contributed by atoms with Gasteiger partial charge >= 0.3 is 0 Å². The molecule has 0 aliphatic carbocycles. The molecule has 0 radical (unpaired) electrons. The Kier molecular flexibility index (Phi) is 3.87. The number of fused-ring (bicyclic) bond motifs is 1. The van der Waals surface area contributed by atoms with E-state index < -0.39 is 17.7 Å². The predicted molar refractivity (Wildman–Crippen MR) is 77.0 cm³/mol. The highest BCUT2D eigenvalue weighted by atomic mass is 19.1. The summed E-state index contributed by atoms with van der Waals surface area (Å²) in [4.78, 5) is 4.26. The molecule has 0 amide bonds. The van der Waals surface area contributed by atoms with Crippen molar-refractivity contribution in [2.24, 2.45) is 0 Å². The average Bonchev–Trinajstić information content (AvgIpc) is 2.85. The van der Waals surface area contributed by atoms with E-state index in [-0.39, 0.29) is 18.7 Å². The number of aromatic nitrogens is 2. The second kappa shape index (κ2) is 5.82. The van der Waals surface area contributed by atoms with Crippen molar-refractivity contribution in [3.63, 3.8) is 0 Å². The second-order valence-corrected chi connectivity index (χ2v) is 4.97. The maximum Gasteiger partial charge on any atom is 0.135 e. The van der Waals surface area contributed by atoms with Crippen LogP contribution < -0.4 is 0 Å². The van der Waals surface area contributed by atoms with E-state index >= 15 is 0 Å². The SMILES string of the molecule is OCc1nc2ccccc2n1C[C@H](O)c1ccc(F)cc1F. The Balaban J connectivity index is 1.98. The van der Waals surface area contributed by atoms with Crippen LogP contribution in [0.3, 0.4) is 0 Å². The van der Waals surface area contributed by atoms with Crippen LogP contribution in [0.2, 0.25) is 0 Å². The molecule has 3 aromatic rings. The molecule has 0 spiro atoms. The van der Waals surface area contributed by atoms with Gasteiger partial charge in [-0.1, -0.05) is 18.2 Å². The first-order valence-electron chi connectivity index (χ1n) is 6.78. The molecule has 0 unspecified atom stereocenters. The molecular weight excluding hydrogens is 290 g/mol. The van der Waals surface area contributed by atoms with Gasteiger partial charge in [0.1, 0.15) is 24.1 Å². The lowest BCUT2D eigenvalue weighted by Crippen LogP contribution is -2.13. The van der Waals surface area contributed by atoms with Gasteiger partial charge in [-0.05, 0) is 18.2 Å². The predicted octanol–water partition coefficient (Wildman–Crippen LogP) is 2.54. The van der Waals surface area contributed by atoms with E-state index in [0.717, 1.165) is 17.6 Å². The van der Waals surface area contributed by atoms with Crippen molar-refractivity contribution in [1.82, 2.24) is 9.55 Å². The van der Waals surface area contributed by atoms with Crippen LogP contribution in [0.5, 0.6) is 0 Å². The van der Waals surface area contributed by atoms with E-state index in [1.165, 1.54) is 6.07 Å². The van der Waals surface area contributed by atoms with Crippen molar-refractivity contribution < 1.29 is 19.0 Å². The van der Waals surface area contributed by atoms with Gasteiger partial charge in [0.05, 0.1) is 23.7 Å². The fourth-order valence-corrected chi connectivity index (χ4v) is 2.49. The Morgan fingerprint density at radius 2 is 1.91 bits per heavy atom. The Labute approximate surface area is 125 Å². The zero-order chi connectivity index (χ0) is 15.7. The molecule has 4 nitrogen and oxygen atoms in total. The lowest BCUT2D eigenvalue weighted by Gasteiger charge is -2.15. The maximum atomic E-state index is 13.8. The van der Waals surface area contributed by atoms with Gasteiger partial charge in [0.25, 0.3) is 0 Å². The van der Waals surface area contributed by atoms with Crippen LogP contribution in [0, 0.1) is 11.6 Å². The first kappa shape index (κ1) is 14.6. The van der Waals surface area contributed by atoms with Crippen molar-refractivity contribution in [3.05, 3.63) is 65.5 Å². The molecule has 2 N–H and O–H groups in total. The van der Waals surface area contributed by atoms with Crippen molar-refractivity contribution in [2.75, 3.05) is 0 Å². The summed E-state index contributed by atoms with van der Waals surface area (Å²) in [5.74, 6) is -1.12. The molecule has 114 valence electrons. The quantitative estimate of drug-likeness (QED) is 0.779. The molecule has 0 fully saturated rings. The van der Waals surface area contributed by atoms with Crippen LogP contribution in [-0.2, 0) is 13.2 Å². The smallest absolute Gasteiger partial charge is 0.135 e. The lowest BCUT2D eigenvalue weighted by molar-refractivity contribution is 0.149. The minimum absolute atomic E-state index is 0.00284. The fraction of sp³-hybridized carbons (Fsp3) is 0.188. The molecule has 22 heavy (non-hydrogen) atoms. The number of imidazole rings is 1. The number of hydrogen-bond acceptors (Lipinski definition) is 3. The molecule has 0 bridgehead atoms. The van der Waals surface area contributed by atoms with Gasteiger partial charge < -0.3 is 14.8 Å². The van der Waals surface area contributed by atoms with Crippen molar-refractivity contribution in [3.8, 4) is 0 Å². The van der Waals surface area contributed by atoms with Gasteiger partial charge in [-0.3, -0.25) is 0 Å². The standard InChI is InChI=1S/C16H14F2N2O2/c17-10-5-6-11(12(18)7-10)15(22)8-20-14-4-2-1-3-13(14)19-16(20)9-21/h1-7,15,21-22H,8-9H2/t15-/m0/s1. The number of rotatable bonds is 4. The molecule has 0 saturated carbocycles. The topological polar surface area (TPSA) is 58.3 Å². The normalized spacial score (nSPS) is 12.7. The molecule has 3 rings (SSSR count). The summed E-state index contributed by atoms with van der Waals surface area (Å²) in [5.41, 5.74) is 1.41. The third-order valence-corrected chi connectivity index (χ3v) is 3.55. The number of para-hydroxylation sites is 2. The van der Waals surface area contributed by atoms with Crippen molar-refractivity contribution in [2.45, 2.75) is 19.3 Å². The fourth-order valence-electron chi connectivity index (χ4n) is 2.49. The summed E-state index contributed by atoms with van der Waals surface area (Å²) in [6.45, 7) is -0.285. The summed E-state index contributed by atoms with van der Waals surface area (Å²) in [6, 6.07) is 10.3. The summed E-state index contributed by atoms with van der Waals surface area (Å²) in [5, 5.41) is 19.7. The molecule has 6 heteroatoms. The first-order chi connectivity index (χ1) is 10.6. The van der Waals surface area contributed by atoms with Crippen LogP contribution in [0.1, 0.15) is 17.5 Å². The third-order valence-electron chi connectivity index (χ3n) is 3.55. The zero-order valence-corrected chi connectivity index (χ0v) is 11.6. The minimum atomic E-state index is -1.18. The van der Waals surface area contributed by atoms with Gasteiger partial charge in [0.2, 0.25) is 0 Å². The van der Waals surface area contributed by atoms with Gasteiger partial charge in [0.15, 0.2) is 0 Å². The third kappa shape index (κ3) is 2.58. The lowest BCUT2D eigenvalue weighted by atomic mass is 10.1. The number of aliphatic hydroxyl groups is 2. The number of aliphatic hydroxyl groups excluding tert-OH is 2. The second-order valence-electron chi connectivity index (χ2n) is 4.97. The van der Waals surface area contributed by atoms with Gasteiger partial charge in [-0.15, -0.1) is 0 Å². The summed E-state index contributed by atoms with van der Waals surface area (Å²) in [7, 11) is 0. The van der Waals surface area contributed by atoms with E-state index in [1.54, 1.807) is 16.7 Å². The van der Waals surface area contributed by atoms with Crippen LogP contribution >= 0.6 is 0 Å². The first-order valence-corrected chi connectivity index (χ1v) is 6.78. The van der Waals surface area contributed by atoms with Gasteiger partial charge in [-0.2, -0.15) is 0 Å². The molecule has 1 atom stereocenters. The number of benzene rings is 2. The molecule has 2 aromatic carbocycles. The van der Waals surface area contributed by atoms with E-state index in [4.69, 9.17) is 0 Å². The Bertz CT molecular complexity index is 817. The molecule has 1 aromatic heterocycles. The molecule has 0 saturated heterocycles. The van der Waals surface area contributed by atoms with Crippen LogP contribution in [0.4, 0.5) is 8.78 Å². The van der Waals surface area contributed by atoms with Crippen molar-refractivity contribution in [1.29, 1.82) is 0 Å². The molecule has 0 aliphatic heterocycles. The number of halogens is 2. The summed E-state index contributed by atoms with van der Waals surface area (Å²) >= 11 is 0. The Morgan fingerprint density at radius 3 is 2.64 bits per heavy atom. The average molecular weight is 304 g/mol. The number of nitrogens with zero attached hydrogens (tertiary/aromatic N) is 2. The molecule has 0 aliphatic rings. The van der Waals surface area contributed by atoms with E-state index in [2.05, 4.69) is 4.98 Å². The largest absolute Gasteiger partial charge is 0.388 e. The van der Waals surface area contributed by atoms with Crippen LogP contribution in [0.25, 0.3) is 11.0 Å². The highest BCUT2D eigenvalue weighted by Crippen LogP contribution is 2.23. The highest BCUT2D eigenvalue weighted by molar-refractivity contribution is 5.75. The maximum absolute atomic E-state index is 13.8. The van der Waals surface area contributed by atoms with E-state index in [1.807, 2.05) is 12.1 Å². The van der Waals surface area contributed by atoms with Gasteiger partial charge in [-0.25, -0.2) is 13.8 Å². The monoisotopic (exact) mass is 304 g/mol. The molecular formula is C16H14F2N2O2. The Hall–Kier alpha value is -2.31. The zero-order valence-electron chi connectivity index (χ0n) is 11.6. The van der Waals surface area contributed by atoms with E-state index in [0.29, 0.717) is 11.3 Å². The molecule has 1 heterocycles. The summed E-state index contributed by atoms with van der Waals surface area (Å²) < 4.78 is 28.3. The van der Waals surface area contributed by atoms with Crippen LogP contribution in [0.15, 0.2) is 42.5 Å². The van der Waals surface area contributed by atoms with Gasteiger partial charge in [0, 0.05) is 11.6 Å². The Morgan fingerprint density at radius 1 is 1.14 bits per heavy atom. The number of hydrogen-bond donors (Lipinski definition) is 2. The van der Waals surface area contributed by atoms with E-state index in [9.17, 15) is 19.0 Å².